The van der Waals surface area contributed by atoms with Crippen molar-refractivity contribution < 1.29 is 19.1 Å². The van der Waals surface area contributed by atoms with E-state index in [2.05, 4.69) is 10.1 Å². The van der Waals surface area contributed by atoms with E-state index in [0.717, 1.165) is 0 Å². The van der Waals surface area contributed by atoms with Gasteiger partial charge in [-0.1, -0.05) is 11.2 Å². The number of hydrogen-bond donors (Lipinski definition) is 1. The molecule has 1 aliphatic rings. The fourth-order valence-electron chi connectivity index (χ4n) is 1.73. The standard InChI is InChI=1S/C14H11N3O4/c15-13(10-3-1-2-6-16-10)17-21-14(18)9-4-5-11-12(7-9)20-8-19-11/h1-7H,8H2,(H2,15,17). The molecule has 2 aromatic rings. The number of rotatable bonds is 3. The minimum atomic E-state index is -0.646. The van der Waals surface area contributed by atoms with Gasteiger partial charge in [-0.15, -0.1) is 0 Å². The molecule has 0 radical (unpaired) electrons. The summed E-state index contributed by atoms with van der Waals surface area (Å²) in [7, 11) is 0. The summed E-state index contributed by atoms with van der Waals surface area (Å²) in [4.78, 5) is 20.7. The number of hydrogen-bond acceptors (Lipinski definition) is 6. The van der Waals surface area contributed by atoms with Gasteiger partial charge in [-0.3, -0.25) is 4.98 Å². The maximum Gasteiger partial charge on any atom is 0.365 e. The first kappa shape index (κ1) is 12.9. The van der Waals surface area contributed by atoms with Crippen molar-refractivity contribution in [3.05, 3.63) is 53.9 Å². The first-order valence-electron chi connectivity index (χ1n) is 6.10. The Balaban J connectivity index is 1.72. The van der Waals surface area contributed by atoms with Crippen LogP contribution in [0.3, 0.4) is 0 Å². The van der Waals surface area contributed by atoms with Gasteiger partial charge in [0.1, 0.15) is 5.69 Å². The van der Waals surface area contributed by atoms with Gasteiger partial charge < -0.3 is 20.0 Å². The van der Waals surface area contributed by atoms with Crippen molar-refractivity contribution in [2.45, 2.75) is 0 Å². The Kier molecular flexibility index (Phi) is 3.38. The van der Waals surface area contributed by atoms with Gasteiger partial charge in [0.15, 0.2) is 17.3 Å². The molecule has 1 aliphatic heterocycles. The Labute approximate surface area is 119 Å². The van der Waals surface area contributed by atoms with Gasteiger partial charge in [0.05, 0.1) is 5.56 Å². The van der Waals surface area contributed by atoms with Gasteiger partial charge >= 0.3 is 5.97 Å². The number of carbonyl (C=O) groups excluding carboxylic acids is 1. The third kappa shape index (κ3) is 2.76. The van der Waals surface area contributed by atoms with E-state index in [9.17, 15) is 4.79 Å². The third-order valence-electron chi connectivity index (χ3n) is 2.76. The fourth-order valence-corrected chi connectivity index (χ4v) is 1.73. The van der Waals surface area contributed by atoms with Crippen LogP contribution in [-0.4, -0.2) is 23.6 Å². The average molecular weight is 285 g/mol. The van der Waals surface area contributed by atoms with Crippen molar-refractivity contribution in [3.8, 4) is 11.5 Å². The van der Waals surface area contributed by atoms with Crippen molar-refractivity contribution in [3.63, 3.8) is 0 Å². The molecule has 0 aliphatic carbocycles. The van der Waals surface area contributed by atoms with Crippen molar-refractivity contribution in [2.75, 3.05) is 6.79 Å². The number of nitrogens with two attached hydrogens (primary N) is 1. The molecular weight excluding hydrogens is 274 g/mol. The van der Waals surface area contributed by atoms with E-state index in [1.807, 2.05) is 0 Å². The molecule has 2 N–H and O–H groups in total. The molecule has 0 unspecified atom stereocenters. The lowest BCUT2D eigenvalue weighted by Crippen LogP contribution is -2.16. The molecule has 0 bridgehead atoms. The van der Waals surface area contributed by atoms with Crippen molar-refractivity contribution in [1.82, 2.24) is 4.98 Å². The summed E-state index contributed by atoms with van der Waals surface area (Å²) in [6.45, 7) is 0.138. The van der Waals surface area contributed by atoms with Crippen LogP contribution in [0.1, 0.15) is 16.1 Å². The number of fused-ring (bicyclic) bond motifs is 1. The largest absolute Gasteiger partial charge is 0.454 e. The van der Waals surface area contributed by atoms with Gasteiger partial charge in [-0.05, 0) is 30.3 Å². The number of ether oxygens (including phenoxy) is 2. The first-order valence-corrected chi connectivity index (χ1v) is 6.10. The molecule has 1 aromatic carbocycles. The van der Waals surface area contributed by atoms with Crippen LogP contribution in [0.2, 0.25) is 0 Å². The number of pyridine rings is 1. The molecule has 0 saturated carbocycles. The molecule has 7 nitrogen and oxygen atoms in total. The monoisotopic (exact) mass is 285 g/mol. The minimum Gasteiger partial charge on any atom is -0.454 e. The highest BCUT2D eigenvalue weighted by Crippen LogP contribution is 2.32. The van der Waals surface area contributed by atoms with Gasteiger partial charge in [0.2, 0.25) is 6.79 Å². The number of benzene rings is 1. The molecular formula is C14H11N3O4. The summed E-state index contributed by atoms with van der Waals surface area (Å²) in [6.07, 6.45) is 1.57. The molecule has 2 heterocycles. The number of aromatic nitrogens is 1. The van der Waals surface area contributed by atoms with E-state index in [4.69, 9.17) is 20.0 Å². The summed E-state index contributed by atoms with van der Waals surface area (Å²) < 4.78 is 10.3. The molecule has 0 atom stereocenters. The number of carbonyl (C=O) groups is 1. The van der Waals surface area contributed by atoms with E-state index in [-0.39, 0.29) is 18.2 Å². The number of amidine groups is 1. The maximum absolute atomic E-state index is 11.9. The lowest BCUT2D eigenvalue weighted by molar-refractivity contribution is 0.0515. The van der Waals surface area contributed by atoms with Crippen LogP contribution in [0, 0.1) is 0 Å². The Morgan fingerprint density at radius 3 is 2.90 bits per heavy atom. The first-order chi connectivity index (χ1) is 10.2. The Bertz CT molecular complexity index is 701. The highest BCUT2D eigenvalue weighted by molar-refractivity contribution is 5.96. The van der Waals surface area contributed by atoms with Crippen molar-refractivity contribution in [1.29, 1.82) is 0 Å². The summed E-state index contributed by atoms with van der Waals surface area (Å²) in [5, 5.41) is 3.57. The summed E-state index contributed by atoms with van der Waals surface area (Å²) >= 11 is 0. The van der Waals surface area contributed by atoms with Crippen LogP contribution < -0.4 is 15.2 Å². The number of oxime groups is 1. The molecule has 0 fully saturated rings. The second kappa shape index (κ2) is 5.49. The van der Waals surface area contributed by atoms with E-state index in [1.165, 1.54) is 6.07 Å². The Hall–Kier alpha value is -3.09. The molecule has 106 valence electrons. The zero-order valence-corrected chi connectivity index (χ0v) is 10.9. The van der Waals surface area contributed by atoms with Crippen LogP contribution >= 0.6 is 0 Å². The molecule has 0 spiro atoms. The van der Waals surface area contributed by atoms with E-state index in [1.54, 1.807) is 36.5 Å². The van der Waals surface area contributed by atoms with E-state index < -0.39 is 5.97 Å². The minimum absolute atomic E-state index is 0.0182. The third-order valence-corrected chi connectivity index (χ3v) is 2.76. The molecule has 21 heavy (non-hydrogen) atoms. The van der Waals surface area contributed by atoms with Crippen LogP contribution in [0.15, 0.2) is 47.8 Å². The second-order valence-electron chi connectivity index (χ2n) is 4.14. The zero-order valence-electron chi connectivity index (χ0n) is 10.9. The fraction of sp³-hybridized carbons (Fsp3) is 0.0714. The SMILES string of the molecule is N/C(=N\OC(=O)c1ccc2c(c1)OCO2)c1ccccn1. The summed E-state index contributed by atoms with van der Waals surface area (Å²) in [5.41, 5.74) is 6.39. The van der Waals surface area contributed by atoms with E-state index >= 15 is 0 Å². The molecule has 1 aromatic heterocycles. The normalized spacial score (nSPS) is 13.0. The van der Waals surface area contributed by atoms with Crippen LogP contribution in [-0.2, 0) is 4.84 Å². The van der Waals surface area contributed by atoms with Gasteiger partial charge in [-0.25, -0.2) is 4.79 Å². The van der Waals surface area contributed by atoms with E-state index in [0.29, 0.717) is 17.2 Å². The predicted molar refractivity (Wildman–Crippen MR) is 72.9 cm³/mol. The van der Waals surface area contributed by atoms with Crippen LogP contribution in [0.5, 0.6) is 11.5 Å². The quantitative estimate of drug-likeness (QED) is 0.395. The molecule has 0 saturated heterocycles. The van der Waals surface area contributed by atoms with Gasteiger partial charge in [0, 0.05) is 6.20 Å². The molecule has 0 amide bonds. The Morgan fingerprint density at radius 2 is 2.10 bits per heavy atom. The van der Waals surface area contributed by atoms with Gasteiger partial charge in [-0.2, -0.15) is 0 Å². The van der Waals surface area contributed by atoms with Crippen LogP contribution in [0.4, 0.5) is 0 Å². The van der Waals surface area contributed by atoms with Crippen molar-refractivity contribution in [2.24, 2.45) is 10.9 Å². The lowest BCUT2D eigenvalue weighted by Gasteiger charge is -2.01. The number of nitrogens with zero attached hydrogens (tertiary/aromatic N) is 2. The summed E-state index contributed by atoms with van der Waals surface area (Å²) in [6, 6.07) is 9.87. The smallest absolute Gasteiger partial charge is 0.365 e. The molecule has 3 rings (SSSR count). The Morgan fingerprint density at radius 1 is 1.24 bits per heavy atom. The maximum atomic E-state index is 11.9. The van der Waals surface area contributed by atoms with Crippen LogP contribution in [0.25, 0.3) is 0 Å². The van der Waals surface area contributed by atoms with Crippen molar-refractivity contribution >= 4 is 11.8 Å². The summed E-state index contributed by atoms with van der Waals surface area (Å²) in [5.74, 6) is 0.450. The average Bonchev–Trinajstić information content (AvgIpc) is 3.00. The molecule has 7 heteroatoms. The second-order valence-corrected chi connectivity index (χ2v) is 4.14. The zero-order chi connectivity index (χ0) is 14.7. The highest BCUT2D eigenvalue weighted by Gasteiger charge is 2.17. The predicted octanol–water partition coefficient (Wildman–Crippen LogP) is 1.29. The topological polar surface area (TPSA) is 96.0 Å². The lowest BCUT2D eigenvalue weighted by atomic mass is 10.2. The van der Waals surface area contributed by atoms with Gasteiger partial charge in [0.25, 0.3) is 0 Å². The highest BCUT2D eigenvalue weighted by atomic mass is 16.7.